The van der Waals surface area contributed by atoms with Crippen molar-refractivity contribution in [1.82, 2.24) is 0 Å². The summed E-state index contributed by atoms with van der Waals surface area (Å²) in [6.45, 7) is 7.10. The predicted molar refractivity (Wildman–Crippen MR) is 102 cm³/mol. The molecule has 0 heterocycles. The van der Waals surface area contributed by atoms with Gasteiger partial charge in [0.2, 0.25) is 0 Å². The van der Waals surface area contributed by atoms with Gasteiger partial charge in [0.1, 0.15) is 5.75 Å². The summed E-state index contributed by atoms with van der Waals surface area (Å²) < 4.78 is 11.0. The van der Waals surface area contributed by atoms with Crippen molar-refractivity contribution < 1.29 is 9.47 Å². The fourth-order valence-electron chi connectivity index (χ4n) is 2.02. The Morgan fingerprint density at radius 2 is 1.82 bits per heavy atom. The lowest BCUT2D eigenvalue weighted by Crippen LogP contribution is -2.25. The van der Waals surface area contributed by atoms with Crippen molar-refractivity contribution in [1.29, 1.82) is 0 Å². The molecule has 0 bridgehead atoms. The highest BCUT2D eigenvalue weighted by Crippen LogP contribution is 2.36. The van der Waals surface area contributed by atoms with E-state index >= 15 is 0 Å². The molecular weight excluding hydrogens is 314 g/mol. The molecule has 0 aromatic heterocycles. The summed E-state index contributed by atoms with van der Waals surface area (Å²) in [5, 5.41) is 0. The van der Waals surface area contributed by atoms with E-state index in [9.17, 15) is 0 Å². The quantitative estimate of drug-likeness (QED) is 0.427. The highest BCUT2D eigenvalue weighted by molar-refractivity contribution is 8.76. The first-order valence-electron chi connectivity index (χ1n) is 7.63. The molecule has 0 spiro atoms. The van der Waals surface area contributed by atoms with Gasteiger partial charge in [0.15, 0.2) is 0 Å². The molecule has 1 aromatic carbocycles. The van der Waals surface area contributed by atoms with Crippen molar-refractivity contribution in [2.75, 3.05) is 45.1 Å². The number of hydrogen-bond acceptors (Lipinski definition) is 5. The zero-order chi connectivity index (χ0) is 16.4. The molecule has 22 heavy (non-hydrogen) atoms. The lowest BCUT2D eigenvalue weighted by atomic mass is 10.1. The van der Waals surface area contributed by atoms with Gasteiger partial charge in [-0.05, 0) is 50.8 Å². The fourth-order valence-corrected chi connectivity index (χ4v) is 4.25. The second-order valence-corrected chi connectivity index (χ2v) is 8.98. The molecule has 126 valence electrons. The Hall–Kier alpha value is -0.520. The summed E-state index contributed by atoms with van der Waals surface area (Å²) in [4.78, 5) is 2.30. The Balaban J connectivity index is 2.41. The maximum Gasteiger partial charge on any atom is 0.119 e. The van der Waals surface area contributed by atoms with Gasteiger partial charge in [-0.2, -0.15) is 0 Å². The van der Waals surface area contributed by atoms with Crippen molar-refractivity contribution in [3.05, 3.63) is 24.3 Å². The van der Waals surface area contributed by atoms with E-state index in [0.717, 1.165) is 31.7 Å². The van der Waals surface area contributed by atoms with Crippen molar-refractivity contribution in [2.24, 2.45) is 0 Å². The Kier molecular flexibility index (Phi) is 9.13. The van der Waals surface area contributed by atoms with Crippen molar-refractivity contribution in [3.8, 4) is 5.75 Å². The van der Waals surface area contributed by atoms with Crippen LogP contribution in [0, 0.1) is 0 Å². The lowest BCUT2D eigenvalue weighted by molar-refractivity contribution is 0.172. The molecule has 3 nitrogen and oxygen atoms in total. The summed E-state index contributed by atoms with van der Waals surface area (Å²) in [7, 11) is 7.65. The fraction of sp³-hybridized carbons (Fsp3) is 0.647. The van der Waals surface area contributed by atoms with Gasteiger partial charge in [0, 0.05) is 44.2 Å². The lowest BCUT2D eigenvalue weighted by Gasteiger charge is -2.27. The number of hydrogen-bond donors (Lipinski definition) is 0. The molecule has 5 heteroatoms. The maximum absolute atomic E-state index is 5.68. The normalized spacial score (nSPS) is 11.5. The van der Waals surface area contributed by atoms with Crippen LogP contribution in [0.1, 0.15) is 26.7 Å². The number of rotatable bonds is 11. The third kappa shape index (κ3) is 7.65. The minimum Gasteiger partial charge on any atom is -0.494 e. The molecule has 0 fully saturated rings. The number of nitrogens with zero attached hydrogens (tertiary/aromatic N) is 1. The van der Waals surface area contributed by atoms with Crippen LogP contribution in [0.2, 0.25) is 0 Å². The number of benzene rings is 1. The molecule has 0 saturated heterocycles. The molecule has 0 saturated carbocycles. The second-order valence-electron chi connectivity index (χ2n) is 5.87. The van der Waals surface area contributed by atoms with Gasteiger partial charge >= 0.3 is 0 Å². The van der Waals surface area contributed by atoms with Crippen LogP contribution in [0.5, 0.6) is 5.75 Å². The molecule has 1 aromatic rings. The summed E-state index contributed by atoms with van der Waals surface area (Å²) in [5.41, 5.74) is 1.23. The van der Waals surface area contributed by atoms with Crippen LogP contribution >= 0.6 is 21.6 Å². The SMILES string of the molecule is COCCCOc1ccc(N(C)CCC(C)(C)SSC)cc1. The van der Waals surface area contributed by atoms with Gasteiger partial charge in [-0.25, -0.2) is 0 Å². The van der Waals surface area contributed by atoms with Crippen molar-refractivity contribution >= 4 is 27.3 Å². The van der Waals surface area contributed by atoms with Crippen LogP contribution in [0.25, 0.3) is 0 Å². The topological polar surface area (TPSA) is 21.7 Å². The molecule has 0 amide bonds. The summed E-state index contributed by atoms with van der Waals surface area (Å²) >= 11 is 0. The first kappa shape index (κ1) is 19.5. The van der Waals surface area contributed by atoms with Crippen LogP contribution in [-0.2, 0) is 4.74 Å². The molecule has 1 rings (SSSR count). The monoisotopic (exact) mass is 343 g/mol. The zero-order valence-electron chi connectivity index (χ0n) is 14.4. The largest absolute Gasteiger partial charge is 0.494 e. The summed E-state index contributed by atoms with van der Waals surface area (Å²) in [5.74, 6) is 0.923. The number of ether oxygens (including phenoxy) is 2. The predicted octanol–water partition coefficient (Wildman–Crippen LogP) is 4.72. The van der Waals surface area contributed by atoms with E-state index in [2.05, 4.69) is 44.2 Å². The number of anilines is 1. The Morgan fingerprint density at radius 1 is 1.14 bits per heavy atom. The summed E-state index contributed by atoms with van der Waals surface area (Å²) in [6.07, 6.45) is 4.21. The third-order valence-electron chi connectivity index (χ3n) is 3.40. The third-order valence-corrected chi connectivity index (χ3v) is 6.07. The number of methoxy groups -OCH3 is 1. The van der Waals surface area contributed by atoms with E-state index in [1.54, 1.807) is 7.11 Å². The Morgan fingerprint density at radius 3 is 2.41 bits per heavy atom. The highest BCUT2D eigenvalue weighted by atomic mass is 33.1. The first-order valence-corrected chi connectivity index (χ1v) is 10.2. The van der Waals surface area contributed by atoms with Crippen LogP contribution < -0.4 is 9.64 Å². The van der Waals surface area contributed by atoms with Crippen molar-refractivity contribution in [2.45, 2.75) is 31.4 Å². The van der Waals surface area contributed by atoms with E-state index in [1.165, 1.54) is 5.69 Å². The Bertz CT molecular complexity index is 410. The molecule has 0 aliphatic carbocycles. The van der Waals surface area contributed by atoms with E-state index in [0.29, 0.717) is 11.4 Å². The van der Waals surface area contributed by atoms with Crippen molar-refractivity contribution in [3.63, 3.8) is 0 Å². The molecule has 0 aliphatic rings. The van der Waals surface area contributed by atoms with Gasteiger partial charge in [-0.3, -0.25) is 0 Å². The molecule has 0 N–H and O–H groups in total. The van der Waals surface area contributed by atoms with E-state index in [-0.39, 0.29) is 0 Å². The summed E-state index contributed by atoms with van der Waals surface area (Å²) in [6, 6.07) is 8.33. The average Bonchev–Trinajstić information content (AvgIpc) is 2.50. The molecule has 0 unspecified atom stereocenters. The van der Waals surface area contributed by atoms with Gasteiger partial charge in [0.25, 0.3) is 0 Å². The minimum absolute atomic E-state index is 0.304. The van der Waals surface area contributed by atoms with Gasteiger partial charge < -0.3 is 14.4 Å². The smallest absolute Gasteiger partial charge is 0.119 e. The second kappa shape index (κ2) is 10.3. The molecular formula is C17H29NO2S2. The van der Waals surface area contributed by atoms with E-state index < -0.39 is 0 Å². The molecule has 0 atom stereocenters. The van der Waals surface area contributed by atoms with Crippen LogP contribution in [0.4, 0.5) is 5.69 Å². The van der Waals surface area contributed by atoms with Gasteiger partial charge in [0.05, 0.1) is 6.61 Å². The van der Waals surface area contributed by atoms with Crippen LogP contribution in [0.3, 0.4) is 0 Å². The highest BCUT2D eigenvalue weighted by Gasteiger charge is 2.18. The minimum atomic E-state index is 0.304. The zero-order valence-corrected chi connectivity index (χ0v) is 16.1. The maximum atomic E-state index is 5.68. The standard InChI is InChI=1S/C17H29NO2S2/c1-17(2,22-21-5)11-12-18(3)15-7-9-16(10-8-15)20-14-6-13-19-4/h7-10H,6,11-14H2,1-5H3. The van der Waals surface area contributed by atoms with E-state index in [1.807, 2.05) is 33.7 Å². The van der Waals surface area contributed by atoms with E-state index in [4.69, 9.17) is 9.47 Å². The van der Waals surface area contributed by atoms with Crippen LogP contribution in [-0.4, -0.2) is 44.9 Å². The molecule has 0 aliphatic heterocycles. The Labute approximate surface area is 143 Å². The first-order chi connectivity index (χ1) is 10.5. The molecule has 0 radical (unpaired) electrons. The van der Waals surface area contributed by atoms with Gasteiger partial charge in [-0.15, -0.1) is 0 Å². The van der Waals surface area contributed by atoms with Crippen LogP contribution in [0.15, 0.2) is 24.3 Å². The van der Waals surface area contributed by atoms with Gasteiger partial charge in [-0.1, -0.05) is 21.6 Å². The average molecular weight is 344 g/mol.